The summed E-state index contributed by atoms with van der Waals surface area (Å²) in [4.78, 5) is 12.2. The fraction of sp³-hybridized carbons (Fsp3) is 0.417. The summed E-state index contributed by atoms with van der Waals surface area (Å²) in [6, 6.07) is 4.78. The third-order valence-corrected chi connectivity index (χ3v) is 2.50. The highest BCUT2D eigenvalue weighted by Gasteiger charge is 2.52. The molecule has 0 aromatic heterocycles. The summed E-state index contributed by atoms with van der Waals surface area (Å²) < 4.78 is 26.9. The number of anilines is 1. The molecule has 2 rings (SSSR count). The van der Waals surface area contributed by atoms with Gasteiger partial charge in [-0.05, 0) is 18.6 Å². The lowest BCUT2D eigenvalue weighted by atomic mass is 10.0. The number of rotatable bonds is 0. The fourth-order valence-corrected chi connectivity index (χ4v) is 1.77. The molecule has 1 aliphatic heterocycles. The third kappa shape index (κ3) is 1.58. The maximum atomic E-state index is 13.5. The van der Waals surface area contributed by atoms with Crippen molar-refractivity contribution in [2.45, 2.75) is 26.7 Å². The number of likely N-dealkylation sites (N-methyl/N-ethyl adjacent to an activating group) is 1. The largest absolute Gasteiger partial charge is 0.352 e. The van der Waals surface area contributed by atoms with Gasteiger partial charge in [0, 0.05) is 7.05 Å². The van der Waals surface area contributed by atoms with Gasteiger partial charge in [0.15, 0.2) is 0 Å². The first-order chi connectivity index (χ1) is 7.46. The lowest BCUT2D eigenvalue weighted by molar-refractivity contribution is -0.141. The van der Waals surface area contributed by atoms with Crippen LogP contribution in [0.15, 0.2) is 18.2 Å². The SMILES string of the molecule is CC.Cc1cccc2c1C(F)(F)C(=O)N2C. The van der Waals surface area contributed by atoms with Gasteiger partial charge in [0.25, 0.3) is 0 Å². The highest BCUT2D eigenvalue weighted by molar-refractivity contribution is 6.05. The van der Waals surface area contributed by atoms with Gasteiger partial charge in [-0.1, -0.05) is 26.0 Å². The molecule has 0 atom stereocenters. The quantitative estimate of drug-likeness (QED) is 0.667. The Bertz CT molecular complexity index is 415. The minimum absolute atomic E-state index is 0.160. The van der Waals surface area contributed by atoms with Gasteiger partial charge in [-0.15, -0.1) is 0 Å². The second kappa shape index (κ2) is 4.20. The molecule has 16 heavy (non-hydrogen) atoms. The second-order valence-corrected chi connectivity index (χ2v) is 3.41. The van der Waals surface area contributed by atoms with Crippen molar-refractivity contribution in [2.75, 3.05) is 11.9 Å². The average Bonchev–Trinajstić information content (AvgIpc) is 2.44. The molecule has 4 heteroatoms. The summed E-state index contributed by atoms with van der Waals surface area (Å²) >= 11 is 0. The normalized spacial score (nSPS) is 16.6. The number of carbonyl (C=O) groups excluding carboxylic acids is 1. The predicted octanol–water partition coefficient (Wildman–Crippen LogP) is 3.09. The van der Waals surface area contributed by atoms with Crippen molar-refractivity contribution in [3.8, 4) is 0 Å². The number of halogens is 2. The fourth-order valence-electron chi connectivity index (χ4n) is 1.77. The lowest BCUT2D eigenvalue weighted by Crippen LogP contribution is -2.31. The minimum atomic E-state index is -3.37. The van der Waals surface area contributed by atoms with Crippen molar-refractivity contribution < 1.29 is 13.6 Å². The zero-order chi connectivity index (χ0) is 12.5. The molecule has 0 N–H and O–H groups in total. The van der Waals surface area contributed by atoms with Gasteiger partial charge in [0.2, 0.25) is 0 Å². The summed E-state index contributed by atoms with van der Waals surface area (Å²) in [5, 5.41) is 0. The Morgan fingerprint density at radius 1 is 1.25 bits per heavy atom. The summed E-state index contributed by atoms with van der Waals surface area (Å²) in [5.74, 6) is -4.52. The molecule has 0 radical (unpaired) electrons. The number of alkyl halides is 2. The molecule has 0 spiro atoms. The summed E-state index contributed by atoms with van der Waals surface area (Å²) in [6.45, 7) is 5.58. The average molecular weight is 227 g/mol. The van der Waals surface area contributed by atoms with Crippen molar-refractivity contribution in [3.63, 3.8) is 0 Å². The number of aryl methyl sites for hydroxylation is 1. The van der Waals surface area contributed by atoms with Crippen LogP contribution in [0.25, 0.3) is 0 Å². The Morgan fingerprint density at radius 2 is 1.81 bits per heavy atom. The van der Waals surface area contributed by atoms with E-state index >= 15 is 0 Å². The van der Waals surface area contributed by atoms with E-state index in [1.807, 2.05) is 13.8 Å². The van der Waals surface area contributed by atoms with Crippen molar-refractivity contribution >= 4 is 11.6 Å². The number of hydrogen-bond acceptors (Lipinski definition) is 1. The first kappa shape index (κ1) is 12.6. The van der Waals surface area contributed by atoms with Gasteiger partial charge in [0.05, 0.1) is 11.3 Å². The summed E-state index contributed by atoms with van der Waals surface area (Å²) in [6.07, 6.45) is 0. The van der Waals surface area contributed by atoms with E-state index < -0.39 is 11.8 Å². The standard InChI is InChI=1S/C10H9F2NO.C2H6/c1-6-4-3-5-7-8(6)10(11,12)9(14)13(7)2;1-2/h3-5H,1-2H3;1-2H3. The smallest absolute Gasteiger partial charge is 0.309 e. The number of nitrogens with zero attached hydrogens (tertiary/aromatic N) is 1. The summed E-state index contributed by atoms with van der Waals surface area (Å²) in [7, 11) is 1.36. The molecule has 0 bridgehead atoms. The van der Waals surface area contributed by atoms with E-state index in [2.05, 4.69) is 0 Å². The Hall–Kier alpha value is -1.45. The van der Waals surface area contributed by atoms with E-state index in [9.17, 15) is 13.6 Å². The molecule has 1 aromatic carbocycles. The van der Waals surface area contributed by atoms with E-state index in [-0.39, 0.29) is 5.56 Å². The van der Waals surface area contributed by atoms with E-state index in [1.165, 1.54) is 13.1 Å². The highest BCUT2D eigenvalue weighted by Crippen LogP contribution is 2.44. The molecule has 0 aliphatic carbocycles. The molecular formula is C12H15F2NO. The number of hydrogen-bond donors (Lipinski definition) is 0. The molecule has 0 fully saturated rings. The maximum absolute atomic E-state index is 13.5. The zero-order valence-electron chi connectivity index (χ0n) is 9.84. The van der Waals surface area contributed by atoms with Crippen molar-refractivity contribution in [2.24, 2.45) is 0 Å². The van der Waals surface area contributed by atoms with Crippen LogP contribution in [0, 0.1) is 6.92 Å². The number of carbonyl (C=O) groups is 1. The predicted molar refractivity (Wildman–Crippen MR) is 59.8 cm³/mol. The van der Waals surface area contributed by atoms with Gasteiger partial charge in [0.1, 0.15) is 0 Å². The highest BCUT2D eigenvalue weighted by atomic mass is 19.3. The Balaban J connectivity index is 0.000000606. The van der Waals surface area contributed by atoms with Crippen molar-refractivity contribution in [1.82, 2.24) is 0 Å². The monoisotopic (exact) mass is 227 g/mol. The summed E-state index contributed by atoms with van der Waals surface area (Å²) in [5.41, 5.74) is 0.595. The third-order valence-electron chi connectivity index (χ3n) is 2.50. The van der Waals surface area contributed by atoms with Crippen LogP contribution in [0.3, 0.4) is 0 Å². The molecule has 0 saturated carbocycles. The van der Waals surface area contributed by atoms with Gasteiger partial charge >= 0.3 is 11.8 Å². The molecule has 0 saturated heterocycles. The topological polar surface area (TPSA) is 20.3 Å². The minimum Gasteiger partial charge on any atom is -0.309 e. The van der Waals surface area contributed by atoms with Crippen LogP contribution < -0.4 is 4.90 Å². The van der Waals surface area contributed by atoms with Crippen LogP contribution in [0.1, 0.15) is 25.0 Å². The van der Waals surface area contributed by atoms with Crippen molar-refractivity contribution in [1.29, 1.82) is 0 Å². The molecule has 1 amide bonds. The van der Waals surface area contributed by atoms with E-state index in [0.717, 1.165) is 4.90 Å². The lowest BCUT2D eigenvalue weighted by Gasteiger charge is -2.09. The van der Waals surface area contributed by atoms with E-state index in [1.54, 1.807) is 19.1 Å². The van der Waals surface area contributed by atoms with E-state index in [0.29, 0.717) is 11.3 Å². The number of amides is 1. The van der Waals surface area contributed by atoms with E-state index in [4.69, 9.17) is 0 Å². The first-order valence-corrected chi connectivity index (χ1v) is 5.22. The van der Waals surface area contributed by atoms with Crippen LogP contribution in [0.2, 0.25) is 0 Å². The number of fused-ring (bicyclic) bond motifs is 1. The van der Waals surface area contributed by atoms with Gasteiger partial charge < -0.3 is 4.90 Å². The maximum Gasteiger partial charge on any atom is 0.352 e. The van der Waals surface area contributed by atoms with Crippen LogP contribution >= 0.6 is 0 Å². The van der Waals surface area contributed by atoms with Gasteiger partial charge in [-0.25, -0.2) is 0 Å². The molecular weight excluding hydrogens is 212 g/mol. The van der Waals surface area contributed by atoms with Gasteiger partial charge in [-0.2, -0.15) is 8.78 Å². The Morgan fingerprint density at radius 3 is 2.31 bits per heavy atom. The van der Waals surface area contributed by atoms with Crippen LogP contribution in [0.5, 0.6) is 0 Å². The Labute approximate surface area is 93.9 Å². The molecule has 1 aromatic rings. The molecule has 1 heterocycles. The Kier molecular flexibility index (Phi) is 3.31. The second-order valence-electron chi connectivity index (χ2n) is 3.41. The van der Waals surface area contributed by atoms with Crippen LogP contribution in [-0.4, -0.2) is 13.0 Å². The molecule has 1 aliphatic rings. The molecule has 88 valence electrons. The van der Waals surface area contributed by atoms with Crippen LogP contribution in [0.4, 0.5) is 14.5 Å². The first-order valence-electron chi connectivity index (χ1n) is 5.22. The number of benzene rings is 1. The molecule has 2 nitrogen and oxygen atoms in total. The zero-order valence-corrected chi connectivity index (χ0v) is 9.84. The van der Waals surface area contributed by atoms with Gasteiger partial charge in [-0.3, -0.25) is 4.79 Å². The molecule has 0 unspecified atom stereocenters. The van der Waals surface area contributed by atoms with Crippen LogP contribution in [-0.2, 0) is 10.7 Å². The van der Waals surface area contributed by atoms with Crippen molar-refractivity contribution in [3.05, 3.63) is 29.3 Å².